The fraction of sp³-hybridized carbons (Fsp3) is 0.846. The Morgan fingerprint density at radius 1 is 0.895 bits per heavy atom. The second-order valence-corrected chi connectivity index (χ2v) is 6.42. The molecular weight excluding hydrogens is 380 g/mol. The summed E-state index contributed by atoms with van der Waals surface area (Å²) in [6.45, 7) is 4.90. The lowest BCUT2D eigenvalue weighted by atomic mass is 10.2. The van der Waals surface area contributed by atoms with Gasteiger partial charge in [0.1, 0.15) is 9.65 Å². The maximum atomic E-state index is 11.6. The minimum Gasteiger partial charge on any atom is -0.465 e. The van der Waals surface area contributed by atoms with E-state index in [4.69, 9.17) is 9.47 Å². The van der Waals surface area contributed by atoms with Gasteiger partial charge in [-0.05, 0) is 19.3 Å². The first-order valence-corrected chi connectivity index (χ1v) is 8.47. The molecule has 0 aliphatic heterocycles. The lowest BCUT2D eigenvalue weighted by Crippen LogP contribution is -2.26. The molecule has 0 radical (unpaired) electrons. The van der Waals surface area contributed by atoms with Crippen LogP contribution in [0.15, 0.2) is 0 Å². The predicted molar refractivity (Wildman–Crippen MR) is 81.8 cm³/mol. The summed E-state index contributed by atoms with van der Waals surface area (Å²) in [6.07, 6.45) is 3.97. The molecule has 112 valence electrons. The molecule has 0 aliphatic rings. The number of halogens is 2. The molecule has 0 saturated heterocycles. The van der Waals surface area contributed by atoms with Crippen LogP contribution in [-0.2, 0) is 19.1 Å². The molecule has 0 aliphatic carbocycles. The fourth-order valence-electron chi connectivity index (χ4n) is 1.19. The number of carbonyl (C=O) groups is 2. The minimum atomic E-state index is -0.493. The average Bonchev–Trinajstić information content (AvgIpc) is 2.38. The van der Waals surface area contributed by atoms with Gasteiger partial charge in [0.25, 0.3) is 0 Å². The third-order valence-corrected chi connectivity index (χ3v) is 3.91. The van der Waals surface area contributed by atoms with Gasteiger partial charge in [-0.3, -0.25) is 9.59 Å². The second kappa shape index (κ2) is 11.7. The predicted octanol–water partition coefficient (Wildman–Crippen LogP) is 3.59. The smallest absolute Gasteiger partial charge is 0.319 e. The van der Waals surface area contributed by atoms with E-state index < -0.39 is 9.65 Å². The normalized spacial score (nSPS) is 13.7. The fourth-order valence-corrected chi connectivity index (χ4v) is 2.70. The van der Waals surface area contributed by atoms with Crippen molar-refractivity contribution in [2.24, 2.45) is 0 Å². The van der Waals surface area contributed by atoms with Crippen molar-refractivity contribution < 1.29 is 19.1 Å². The molecule has 19 heavy (non-hydrogen) atoms. The SMILES string of the molecule is CCCCOC(=O)C(Br)CC(Br)C(=O)OCCCC. The van der Waals surface area contributed by atoms with Crippen LogP contribution < -0.4 is 0 Å². The van der Waals surface area contributed by atoms with Gasteiger partial charge in [-0.2, -0.15) is 0 Å². The number of rotatable bonds is 10. The number of hydrogen-bond donors (Lipinski definition) is 0. The third kappa shape index (κ3) is 9.44. The summed E-state index contributed by atoms with van der Waals surface area (Å²) < 4.78 is 10.1. The summed E-state index contributed by atoms with van der Waals surface area (Å²) in [5.74, 6) is -0.668. The zero-order valence-corrected chi connectivity index (χ0v) is 14.7. The third-order valence-electron chi connectivity index (χ3n) is 2.41. The summed E-state index contributed by atoms with van der Waals surface area (Å²) in [5, 5.41) is 0. The van der Waals surface area contributed by atoms with Crippen molar-refractivity contribution in [3.63, 3.8) is 0 Å². The highest BCUT2D eigenvalue weighted by Gasteiger charge is 2.25. The molecule has 0 aromatic carbocycles. The number of unbranched alkanes of at least 4 members (excludes halogenated alkanes) is 2. The molecule has 6 heteroatoms. The van der Waals surface area contributed by atoms with Crippen LogP contribution in [0.1, 0.15) is 46.0 Å². The van der Waals surface area contributed by atoms with E-state index in [1.54, 1.807) is 0 Å². The Morgan fingerprint density at radius 3 is 1.58 bits per heavy atom. The highest BCUT2D eigenvalue weighted by molar-refractivity contribution is 9.10. The lowest BCUT2D eigenvalue weighted by molar-refractivity contribution is -0.144. The maximum Gasteiger partial charge on any atom is 0.319 e. The molecule has 0 bridgehead atoms. The molecule has 0 rings (SSSR count). The van der Waals surface area contributed by atoms with Crippen molar-refractivity contribution in [1.29, 1.82) is 0 Å². The molecule has 0 aromatic heterocycles. The Balaban J connectivity index is 3.92. The number of alkyl halides is 2. The Morgan fingerprint density at radius 2 is 1.26 bits per heavy atom. The van der Waals surface area contributed by atoms with Gasteiger partial charge in [0.05, 0.1) is 13.2 Å². The molecule has 2 atom stereocenters. The van der Waals surface area contributed by atoms with Gasteiger partial charge < -0.3 is 9.47 Å². The van der Waals surface area contributed by atoms with Crippen LogP contribution in [0.3, 0.4) is 0 Å². The summed E-state index contributed by atoms with van der Waals surface area (Å²) in [5.41, 5.74) is 0. The highest BCUT2D eigenvalue weighted by Crippen LogP contribution is 2.17. The van der Waals surface area contributed by atoms with Crippen molar-refractivity contribution in [3.05, 3.63) is 0 Å². The van der Waals surface area contributed by atoms with Crippen LogP contribution in [0.5, 0.6) is 0 Å². The zero-order chi connectivity index (χ0) is 14.7. The van der Waals surface area contributed by atoms with Crippen LogP contribution in [0.25, 0.3) is 0 Å². The van der Waals surface area contributed by atoms with E-state index in [0.717, 1.165) is 25.7 Å². The molecule has 4 nitrogen and oxygen atoms in total. The van der Waals surface area contributed by atoms with Crippen LogP contribution in [-0.4, -0.2) is 34.8 Å². The van der Waals surface area contributed by atoms with Crippen LogP contribution in [0.2, 0.25) is 0 Å². The highest BCUT2D eigenvalue weighted by atomic mass is 79.9. The molecule has 0 fully saturated rings. The summed E-state index contributed by atoms with van der Waals surface area (Å²) in [4.78, 5) is 22.2. The molecule has 0 saturated carbocycles. The van der Waals surface area contributed by atoms with Gasteiger partial charge in [0.2, 0.25) is 0 Å². The Bertz CT molecular complexity index is 245. The quantitative estimate of drug-likeness (QED) is 0.319. The van der Waals surface area contributed by atoms with E-state index >= 15 is 0 Å². The number of carbonyl (C=O) groups excluding carboxylic acids is 2. The van der Waals surface area contributed by atoms with E-state index in [0.29, 0.717) is 19.6 Å². The van der Waals surface area contributed by atoms with Crippen LogP contribution >= 0.6 is 31.9 Å². The molecule has 0 amide bonds. The average molecular weight is 402 g/mol. The first-order valence-electron chi connectivity index (χ1n) is 6.64. The van der Waals surface area contributed by atoms with Crippen molar-refractivity contribution in [3.8, 4) is 0 Å². The van der Waals surface area contributed by atoms with E-state index in [2.05, 4.69) is 31.9 Å². The summed E-state index contributed by atoms with van der Waals surface area (Å²) in [7, 11) is 0. The van der Waals surface area contributed by atoms with Crippen molar-refractivity contribution in [2.45, 2.75) is 55.6 Å². The molecule has 0 spiro atoms. The Kier molecular flexibility index (Phi) is 11.6. The first-order chi connectivity index (χ1) is 9.02. The summed E-state index contributed by atoms with van der Waals surface area (Å²) in [6, 6.07) is 0. The monoisotopic (exact) mass is 400 g/mol. The second-order valence-electron chi connectivity index (χ2n) is 4.21. The number of esters is 2. The maximum absolute atomic E-state index is 11.6. The molecule has 0 N–H and O–H groups in total. The van der Waals surface area contributed by atoms with E-state index in [9.17, 15) is 9.59 Å². The summed E-state index contributed by atoms with van der Waals surface area (Å²) >= 11 is 6.47. The molecule has 2 unspecified atom stereocenters. The Labute approximate surface area is 131 Å². The Hall–Kier alpha value is -0.100. The number of hydrogen-bond acceptors (Lipinski definition) is 4. The van der Waals surface area contributed by atoms with Crippen molar-refractivity contribution in [1.82, 2.24) is 0 Å². The van der Waals surface area contributed by atoms with Crippen LogP contribution in [0.4, 0.5) is 0 Å². The lowest BCUT2D eigenvalue weighted by Gasteiger charge is -2.13. The molecular formula is C13H22Br2O4. The minimum absolute atomic E-state index is 0.315. The molecule has 0 aromatic rings. The van der Waals surface area contributed by atoms with E-state index in [1.807, 2.05) is 13.8 Å². The van der Waals surface area contributed by atoms with Gasteiger partial charge in [-0.25, -0.2) is 0 Å². The van der Waals surface area contributed by atoms with E-state index in [-0.39, 0.29) is 11.9 Å². The van der Waals surface area contributed by atoms with Gasteiger partial charge in [-0.1, -0.05) is 58.5 Å². The topological polar surface area (TPSA) is 52.6 Å². The van der Waals surface area contributed by atoms with Gasteiger partial charge in [-0.15, -0.1) is 0 Å². The van der Waals surface area contributed by atoms with Crippen LogP contribution in [0, 0.1) is 0 Å². The van der Waals surface area contributed by atoms with Crippen molar-refractivity contribution in [2.75, 3.05) is 13.2 Å². The standard InChI is InChI=1S/C13H22Br2O4/c1-3-5-7-18-12(16)10(14)9-11(15)13(17)19-8-6-4-2/h10-11H,3-9H2,1-2H3. The van der Waals surface area contributed by atoms with E-state index in [1.165, 1.54) is 0 Å². The number of ether oxygens (including phenoxy) is 2. The van der Waals surface area contributed by atoms with Gasteiger partial charge in [0, 0.05) is 0 Å². The molecule has 0 heterocycles. The largest absolute Gasteiger partial charge is 0.465 e. The van der Waals surface area contributed by atoms with Gasteiger partial charge >= 0.3 is 11.9 Å². The van der Waals surface area contributed by atoms with Gasteiger partial charge in [0.15, 0.2) is 0 Å². The van der Waals surface area contributed by atoms with Crippen molar-refractivity contribution >= 4 is 43.8 Å². The first kappa shape index (κ1) is 18.9. The zero-order valence-electron chi connectivity index (χ0n) is 11.5.